The lowest BCUT2D eigenvalue weighted by molar-refractivity contribution is -0.384. The highest BCUT2D eigenvalue weighted by Crippen LogP contribution is 2.30. The maximum atomic E-state index is 12.8. The number of carbonyl (C=O) groups is 3. The van der Waals surface area contributed by atoms with E-state index in [2.05, 4.69) is 20.4 Å². The Kier molecular flexibility index (Phi) is 7.64. The van der Waals surface area contributed by atoms with Crippen molar-refractivity contribution < 1.29 is 29.2 Å². The molecule has 3 N–H and O–H groups in total. The van der Waals surface area contributed by atoms with Crippen LogP contribution in [-0.2, 0) is 14.3 Å². The molecule has 0 aliphatic rings. The van der Waals surface area contributed by atoms with Crippen LogP contribution in [0.4, 0.5) is 11.5 Å². The minimum absolute atomic E-state index is 0.0881. The number of esters is 1. The third-order valence-corrected chi connectivity index (χ3v) is 5.63. The van der Waals surface area contributed by atoms with Gasteiger partial charge >= 0.3 is 11.9 Å². The van der Waals surface area contributed by atoms with Crippen molar-refractivity contribution in [2.75, 3.05) is 19.0 Å². The van der Waals surface area contributed by atoms with Crippen LogP contribution in [0.25, 0.3) is 16.9 Å². The third kappa shape index (κ3) is 5.54. The zero-order valence-corrected chi connectivity index (χ0v) is 19.3. The number of nitrogens with zero attached hydrogens (tertiary/aromatic N) is 3. The molecule has 0 saturated heterocycles. The molecule has 2 aromatic heterocycles. The SMILES string of the molecule is CCC(C)C(NC(=O)c1ccn2c(NCC(=O)OC)c(-c3ccc([N+](=O)[O-])cc3)nc2c1)C(=O)O. The van der Waals surface area contributed by atoms with Gasteiger partial charge in [-0.1, -0.05) is 20.3 Å². The number of imidazole rings is 1. The van der Waals surface area contributed by atoms with Crippen LogP contribution in [0.2, 0.25) is 0 Å². The van der Waals surface area contributed by atoms with Gasteiger partial charge in [0, 0.05) is 29.5 Å². The predicted octanol–water partition coefficient (Wildman–Crippen LogP) is 2.72. The van der Waals surface area contributed by atoms with Gasteiger partial charge in [0.1, 0.15) is 29.7 Å². The molecule has 184 valence electrons. The molecule has 2 heterocycles. The Labute approximate surface area is 200 Å². The van der Waals surface area contributed by atoms with Crippen LogP contribution < -0.4 is 10.6 Å². The van der Waals surface area contributed by atoms with E-state index >= 15 is 0 Å². The fourth-order valence-electron chi connectivity index (χ4n) is 3.43. The van der Waals surface area contributed by atoms with Crippen LogP contribution in [0.3, 0.4) is 0 Å². The van der Waals surface area contributed by atoms with Gasteiger partial charge in [0.05, 0.1) is 12.0 Å². The number of carboxylic acids is 1. The molecule has 3 rings (SSSR count). The monoisotopic (exact) mass is 483 g/mol. The Hall–Kier alpha value is -4.48. The van der Waals surface area contributed by atoms with Gasteiger partial charge in [-0.15, -0.1) is 0 Å². The van der Waals surface area contributed by atoms with Crippen LogP contribution in [0.1, 0.15) is 30.6 Å². The second-order valence-corrected chi connectivity index (χ2v) is 7.86. The van der Waals surface area contributed by atoms with E-state index in [0.29, 0.717) is 29.1 Å². The first-order valence-corrected chi connectivity index (χ1v) is 10.8. The first kappa shape index (κ1) is 25.1. The van der Waals surface area contributed by atoms with Crippen molar-refractivity contribution in [3.63, 3.8) is 0 Å². The third-order valence-electron chi connectivity index (χ3n) is 5.63. The minimum atomic E-state index is -1.12. The molecule has 2 unspecified atom stereocenters. The number of aliphatic carboxylic acids is 1. The number of benzene rings is 1. The highest BCUT2D eigenvalue weighted by atomic mass is 16.6. The largest absolute Gasteiger partial charge is 0.480 e. The first-order valence-electron chi connectivity index (χ1n) is 10.8. The van der Waals surface area contributed by atoms with Crippen molar-refractivity contribution in [1.29, 1.82) is 0 Å². The number of nitro groups is 1. The van der Waals surface area contributed by atoms with E-state index in [-0.39, 0.29) is 23.7 Å². The summed E-state index contributed by atoms with van der Waals surface area (Å²) in [6.07, 6.45) is 2.13. The van der Waals surface area contributed by atoms with E-state index in [0.717, 1.165) is 0 Å². The molecule has 0 aliphatic carbocycles. The number of ether oxygens (including phenoxy) is 1. The zero-order chi connectivity index (χ0) is 25.7. The van der Waals surface area contributed by atoms with Gasteiger partial charge in [-0.25, -0.2) is 9.78 Å². The second-order valence-electron chi connectivity index (χ2n) is 7.86. The second kappa shape index (κ2) is 10.6. The van der Waals surface area contributed by atoms with Crippen molar-refractivity contribution in [2.24, 2.45) is 5.92 Å². The van der Waals surface area contributed by atoms with Gasteiger partial charge in [0.15, 0.2) is 0 Å². The molecule has 3 aromatic rings. The molecular weight excluding hydrogens is 458 g/mol. The van der Waals surface area contributed by atoms with Crippen LogP contribution in [0.5, 0.6) is 0 Å². The highest BCUT2D eigenvalue weighted by molar-refractivity contribution is 5.97. The molecule has 0 fully saturated rings. The maximum absolute atomic E-state index is 12.8. The lowest BCUT2D eigenvalue weighted by Gasteiger charge is -2.20. The van der Waals surface area contributed by atoms with Crippen molar-refractivity contribution in [1.82, 2.24) is 14.7 Å². The summed E-state index contributed by atoms with van der Waals surface area (Å²) >= 11 is 0. The van der Waals surface area contributed by atoms with E-state index in [4.69, 9.17) is 0 Å². The number of nitro benzene ring substituents is 1. The van der Waals surface area contributed by atoms with Gasteiger partial charge in [0.25, 0.3) is 11.6 Å². The van der Waals surface area contributed by atoms with E-state index in [1.54, 1.807) is 17.5 Å². The van der Waals surface area contributed by atoms with Gasteiger partial charge in [0.2, 0.25) is 0 Å². The standard InChI is InChI=1S/C23H25N5O7/c1-4-13(2)19(23(31)32)26-22(30)15-9-10-27-17(11-15)25-20(21(27)24-12-18(29)35-3)14-5-7-16(8-6-14)28(33)34/h5-11,13,19,24H,4,12H2,1-3H3,(H,26,30)(H,31,32). The quantitative estimate of drug-likeness (QED) is 0.223. The fraction of sp³-hybridized carbons (Fsp3) is 0.304. The van der Waals surface area contributed by atoms with Gasteiger partial charge < -0.3 is 20.5 Å². The Morgan fingerprint density at radius 3 is 2.49 bits per heavy atom. The lowest BCUT2D eigenvalue weighted by Crippen LogP contribution is -2.45. The summed E-state index contributed by atoms with van der Waals surface area (Å²) in [5.74, 6) is -2.06. The lowest BCUT2D eigenvalue weighted by atomic mass is 9.99. The summed E-state index contributed by atoms with van der Waals surface area (Å²) in [6.45, 7) is 3.42. The molecular formula is C23H25N5O7. The summed E-state index contributed by atoms with van der Waals surface area (Å²) in [6, 6.07) is 7.68. The van der Waals surface area contributed by atoms with Crippen molar-refractivity contribution in [2.45, 2.75) is 26.3 Å². The topological polar surface area (TPSA) is 165 Å². The number of rotatable bonds is 10. The van der Waals surface area contributed by atoms with Gasteiger partial charge in [-0.2, -0.15) is 0 Å². The van der Waals surface area contributed by atoms with E-state index in [1.165, 1.54) is 43.5 Å². The number of hydrogen-bond acceptors (Lipinski definition) is 8. The van der Waals surface area contributed by atoms with E-state index in [1.807, 2.05) is 6.92 Å². The van der Waals surface area contributed by atoms with Crippen LogP contribution in [0, 0.1) is 16.0 Å². The number of aromatic nitrogens is 2. The van der Waals surface area contributed by atoms with Crippen molar-refractivity contribution in [3.05, 3.63) is 58.3 Å². The number of pyridine rings is 1. The van der Waals surface area contributed by atoms with Crippen LogP contribution in [0.15, 0.2) is 42.6 Å². The number of carbonyl (C=O) groups excluding carboxylic acids is 2. The minimum Gasteiger partial charge on any atom is -0.480 e. The summed E-state index contributed by atoms with van der Waals surface area (Å²) in [5, 5.41) is 26.0. The van der Waals surface area contributed by atoms with Crippen LogP contribution >= 0.6 is 0 Å². The molecule has 1 aromatic carbocycles. The summed E-state index contributed by atoms with van der Waals surface area (Å²) in [5.41, 5.74) is 1.39. The summed E-state index contributed by atoms with van der Waals surface area (Å²) in [4.78, 5) is 51.1. The first-order chi connectivity index (χ1) is 16.7. The molecule has 0 aliphatic heterocycles. The number of methoxy groups -OCH3 is 1. The Morgan fingerprint density at radius 1 is 1.23 bits per heavy atom. The molecule has 12 nitrogen and oxygen atoms in total. The average molecular weight is 483 g/mol. The van der Waals surface area contributed by atoms with E-state index < -0.39 is 28.8 Å². The van der Waals surface area contributed by atoms with E-state index in [9.17, 15) is 29.6 Å². The molecule has 0 saturated carbocycles. The predicted molar refractivity (Wildman–Crippen MR) is 126 cm³/mol. The van der Waals surface area contributed by atoms with Crippen LogP contribution in [-0.4, -0.2) is 57.0 Å². The number of hydrogen-bond donors (Lipinski definition) is 3. The number of carboxylic acid groups (broad SMARTS) is 1. The number of nitrogens with one attached hydrogen (secondary N) is 2. The molecule has 2 atom stereocenters. The maximum Gasteiger partial charge on any atom is 0.326 e. The number of anilines is 1. The molecule has 12 heteroatoms. The Morgan fingerprint density at radius 2 is 1.91 bits per heavy atom. The Balaban J connectivity index is 2.01. The fourth-order valence-corrected chi connectivity index (χ4v) is 3.43. The number of non-ortho nitro benzene ring substituents is 1. The average Bonchev–Trinajstić information content (AvgIpc) is 3.22. The molecule has 1 amide bonds. The summed E-state index contributed by atoms with van der Waals surface area (Å²) < 4.78 is 6.29. The van der Waals surface area contributed by atoms with Crippen molar-refractivity contribution in [3.8, 4) is 11.3 Å². The molecule has 0 bridgehead atoms. The molecule has 0 spiro atoms. The smallest absolute Gasteiger partial charge is 0.326 e. The Bertz CT molecular complexity index is 1270. The normalized spacial score (nSPS) is 12.5. The van der Waals surface area contributed by atoms with Gasteiger partial charge in [-0.05, 0) is 30.2 Å². The number of fused-ring (bicyclic) bond motifs is 1. The van der Waals surface area contributed by atoms with Crippen molar-refractivity contribution >= 4 is 35.0 Å². The molecule has 35 heavy (non-hydrogen) atoms. The zero-order valence-electron chi connectivity index (χ0n) is 19.3. The van der Waals surface area contributed by atoms with Gasteiger partial charge in [-0.3, -0.25) is 24.1 Å². The molecule has 0 radical (unpaired) electrons. The summed E-state index contributed by atoms with van der Waals surface area (Å²) in [7, 11) is 1.25. The number of amides is 1. The highest BCUT2D eigenvalue weighted by Gasteiger charge is 2.26.